The van der Waals surface area contributed by atoms with Crippen LogP contribution in [0.15, 0.2) is 36.4 Å². The summed E-state index contributed by atoms with van der Waals surface area (Å²) in [5.41, 5.74) is 0.192. The van der Waals surface area contributed by atoms with Gasteiger partial charge in [-0.1, -0.05) is 51.3 Å². The SMILES string of the molecule is CN(Cc1ccc(C(F)(F)F)c(F)c1)[C@@H]1CN(C(Br)CCCC=O)C[C@@H]1c1ccc(Cl)c(Cl)c1. The zero-order valence-electron chi connectivity index (χ0n) is 18.5. The Morgan fingerprint density at radius 3 is 2.53 bits per heavy atom. The van der Waals surface area contributed by atoms with Crippen LogP contribution in [0.25, 0.3) is 0 Å². The van der Waals surface area contributed by atoms with Crippen LogP contribution in [-0.4, -0.2) is 47.2 Å². The molecule has 1 fully saturated rings. The van der Waals surface area contributed by atoms with Crippen molar-refractivity contribution in [2.24, 2.45) is 0 Å². The van der Waals surface area contributed by atoms with Crippen LogP contribution in [0, 0.1) is 5.82 Å². The van der Waals surface area contributed by atoms with Gasteiger partial charge in [0.2, 0.25) is 0 Å². The Bertz CT molecular complexity index is 1010. The van der Waals surface area contributed by atoms with E-state index in [4.69, 9.17) is 23.2 Å². The minimum atomic E-state index is -4.73. The zero-order valence-corrected chi connectivity index (χ0v) is 21.6. The van der Waals surface area contributed by atoms with Crippen molar-refractivity contribution in [3.05, 3.63) is 69.0 Å². The Labute approximate surface area is 215 Å². The number of likely N-dealkylation sites (tertiary alicyclic amines) is 1. The molecule has 3 nitrogen and oxygen atoms in total. The first-order valence-electron chi connectivity index (χ1n) is 10.8. The summed E-state index contributed by atoms with van der Waals surface area (Å²) in [6.07, 6.45) is -1.77. The van der Waals surface area contributed by atoms with E-state index in [9.17, 15) is 22.4 Å². The number of alkyl halides is 4. The van der Waals surface area contributed by atoms with E-state index in [1.165, 1.54) is 6.07 Å². The predicted molar refractivity (Wildman–Crippen MR) is 130 cm³/mol. The molecule has 0 radical (unpaired) electrons. The summed E-state index contributed by atoms with van der Waals surface area (Å²) < 4.78 is 52.9. The van der Waals surface area contributed by atoms with Crippen molar-refractivity contribution in [3.63, 3.8) is 0 Å². The molecule has 2 aromatic rings. The first kappa shape index (κ1) is 27.4. The molecule has 0 saturated carbocycles. The van der Waals surface area contributed by atoms with Crippen molar-refractivity contribution < 1.29 is 22.4 Å². The van der Waals surface area contributed by atoms with Gasteiger partial charge in [-0.25, -0.2) is 4.39 Å². The van der Waals surface area contributed by atoms with Gasteiger partial charge in [0, 0.05) is 38.0 Å². The van der Waals surface area contributed by atoms with Crippen LogP contribution in [-0.2, 0) is 17.5 Å². The van der Waals surface area contributed by atoms with E-state index in [2.05, 4.69) is 20.8 Å². The summed E-state index contributed by atoms with van der Waals surface area (Å²) >= 11 is 16.1. The molecule has 3 rings (SSSR count). The third-order valence-electron chi connectivity index (χ3n) is 6.19. The normalized spacial score (nSPS) is 20.1. The van der Waals surface area contributed by atoms with Crippen molar-refractivity contribution in [1.82, 2.24) is 9.80 Å². The largest absolute Gasteiger partial charge is 0.419 e. The van der Waals surface area contributed by atoms with Crippen LogP contribution in [0.3, 0.4) is 0 Å². The molecule has 0 aromatic heterocycles. The van der Waals surface area contributed by atoms with Crippen LogP contribution < -0.4 is 0 Å². The lowest BCUT2D eigenvalue weighted by atomic mass is 9.93. The van der Waals surface area contributed by atoms with Gasteiger partial charge in [0.15, 0.2) is 0 Å². The number of halogens is 7. The van der Waals surface area contributed by atoms with E-state index in [0.717, 1.165) is 36.8 Å². The Morgan fingerprint density at radius 2 is 1.91 bits per heavy atom. The summed E-state index contributed by atoms with van der Waals surface area (Å²) in [6, 6.07) is 8.57. The molecule has 0 N–H and O–H groups in total. The summed E-state index contributed by atoms with van der Waals surface area (Å²) in [6.45, 7) is 1.68. The molecule has 1 aliphatic heterocycles. The van der Waals surface area contributed by atoms with Crippen LogP contribution >= 0.6 is 39.1 Å². The molecule has 1 aliphatic rings. The number of nitrogens with zero attached hydrogens (tertiary/aromatic N) is 2. The standard InChI is InChI=1S/C24H25BrCl2F4N2O/c1-32(12-15-5-7-18(21(28)10-15)24(29,30)31)22-14-33(23(25)4-2-3-9-34)13-17(22)16-6-8-19(26)20(27)11-16/h5-11,17,22-23H,2-4,12-14H2,1H3/t17-,22-,23?/m1/s1. The van der Waals surface area contributed by atoms with Gasteiger partial charge >= 0.3 is 6.18 Å². The first-order valence-corrected chi connectivity index (χ1v) is 12.5. The third-order valence-corrected chi connectivity index (χ3v) is 7.96. The van der Waals surface area contributed by atoms with Crippen molar-refractivity contribution in [3.8, 4) is 0 Å². The minimum Gasteiger partial charge on any atom is -0.303 e. The van der Waals surface area contributed by atoms with Gasteiger partial charge in [0.05, 0.1) is 20.6 Å². The molecule has 3 atom stereocenters. The van der Waals surface area contributed by atoms with E-state index in [0.29, 0.717) is 35.1 Å². The highest BCUT2D eigenvalue weighted by atomic mass is 79.9. The number of carbonyl (C=O) groups excluding carboxylic acids is 1. The molecule has 1 saturated heterocycles. The Morgan fingerprint density at radius 1 is 1.18 bits per heavy atom. The number of rotatable bonds is 9. The van der Waals surface area contributed by atoms with Crippen molar-refractivity contribution in [2.45, 2.75) is 48.9 Å². The van der Waals surface area contributed by atoms with E-state index < -0.39 is 17.6 Å². The molecule has 0 bridgehead atoms. The fourth-order valence-corrected chi connectivity index (χ4v) is 5.37. The second-order valence-electron chi connectivity index (χ2n) is 8.56. The maximum absolute atomic E-state index is 14.1. The molecule has 2 aromatic carbocycles. The molecule has 0 spiro atoms. The highest BCUT2D eigenvalue weighted by Gasteiger charge is 2.39. The minimum absolute atomic E-state index is 0.00582. The molecular formula is C24H25BrCl2F4N2O. The molecule has 1 unspecified atom stereocenters. The number of carbonyl (C=O) groups is 1. The van der Waals surface area contributed by atoms with E-state index in [1.807, 2.05) is 24.1 Å². The third kappa shape index (κ3) is 6.72. The van der Waals surface area contributed by atoms with Crippen LogP contribution in [0.4, 0.5) is 17.6 Å². The predicted octanol–water partition coefficient (Wildman–Crippen LogP) is 7.14. The lowest BCUT2D eigenvalue weighted by molar-refractivity contribution is -0.140. The Balaban J connectivity index is 1.82. The number of aldehydes is 1. The number of hydrogen-bond acceptors (Lipinski definition) is 3. The first-order chi connectivity index (χ1) is 16.0. The Hall–Kier alpha value is -1.19. The van der Waals surface area contributed by atoms with Gasteiger partial charge < -0.3 is 4.79 Å². The summed E-state index contributed by atoms with van der Waals surface area (Å²) in [4.78, 5) is 15.0. The highest BCUT2D eigenvalue weighted by molar-refractivity contribution is 9.09. The zero-order chi connectivity index (χ0) is 25.0. The van der Waals surface area contributed by atoms with Crippen molar-refractivity contribution >= 4 is 45.4 Å². The monoisotopic (exact) mass is 582 g/mol. The van der Waals surface area contributed by atoms with Gasteiger partial charge in [0.25, 0.3) is 0 Å². The lowest BCUT2D eigenvalue weighted by Crippen LogP contribution is -2.38. The van der Waals surface area contributed by atoms with Crippen LogP contribution in [0.1, 0.15) is 41.9 Å². The van der Waals surface area contributed by atoms with E-state index in [-0.39, 0.29) is 23.5 Å². The highest BCUT2D eigenvalue weighted by Crippen LogP contribution is 2.37. The molecule has 34 heavy (non-hydrogen) atoms. The fourth-order valence-electron chi connectivity index (χ4n) is 4.41. The maximum Gasteiger partial charge on any atom is 0.419 e. The maximum atomic E-state index is 14.1. The number of benzene rings is 2. The van der Waals surface area contributed by atoms with E-state index >= 15 is 0 Å². The van der Waals surface area contributed by atoms with Crippen LogP contribution in [0.2, 0.25) is 10.0 Å². The molecule has 0 amide bonds. The van der Waals surface area contributed by atoms with E-state index in [1.54, 1.807) is 6.07 Å². The molecule has 0 aliphatic carbocycles. The average molecular weight is 584 g/mol. The molecular weight excluding hydrogens is 559 g/mol. The lowest BCUT2D eigenvalue weighted by Gasteiger charge is -2.30. The second kappa shape index (κ2) is 11.7. The average Bonchev–Trinajstić information content (AvgIpc) is 3.21. The number of likely N-dealkylation sites (N-methyl/N-ethyl adjacent to an activating group) is 1. The van der Waals surface area contributed by atoms with Gasteiger partial charge in [-0.3, -0.25) is 9.80 Å². The molecule has 186 valence electrons. The van der Waals surface area contributed by atoms with Gasteiger partial charge in [-0.05, 0) is 55.3 Å². The smallest absolute Gasteiger partial charge is 0.303 e. The van der Waals surface area contributed by atoms with Crippen molar-refractivity contribution in [1.29, 1.82) is 0 Å². The topological polar surface area (TPSA) is 23.6 Å². The Kier molecular flexibility index (Phi) is 9.43. The second-order valence-corrected chi connectivity index (χ2v) is 10.4. The molecule has 10 heteroatoms. The fraction of sp³-hybridized carbons (Fsp3) is 0.458. The van der Waals surface area contributed by atoms with Crippen molar-refractivity contribution in [2.75, 3.05) is 20.1 Å². The summed E-state index contributed by atoms with van der Waals surface area (Å²) in [7, 11) is 1.88. The van der Waals surface area contributed by atoms with Gasteiger partial charge in [0.1, 0.15) is 12.1 Å². The quantitative estimate of drug-likeness (QED) is 0.103. The molecule has 1 heterocycles. The summed E-state index contributed by atoms with van der Waals surface area (Å²) in [5, 5.41) is 0.905. The van der Waals surface area contributed by atoms with Gasteiger partial charge in [-0.15, -0.1) is 0 Å². The van der Waals surface area contributed by atoms with Gasteiger partial charge in [-0.2, -0.15) is 13.2 Å². The van der Waals surface area contributed by atoms with Crippen LogP contribution in [0.5, 0.6) is 0 Å². The summed E-state index contributed by atoms with van der Waals surface area (Å²) in [5.74, 6) is -1.23. The number of hydrogen-bond donors (Lipinski definition) is 0. The number of unbranched alkanes of at least 4 members (excludes halogenated alkanes) is 1.